The molecule has 94 valence electrons. The van der Waals surface area contributed by atoms with Crippen LogP contribution in [-0.4, -0.2) is 21.2 Å². The number of amides is 1. The highest BCUT2D eigenvalue weighted by molar-refractivity contribution is 6.06. The normalized spacial score (nSPS) is 10.3. The number of nitrogens with one attached hydrogen (secondary N) is 2. The number of benzene rings is 1. The highest BCUT2D eigenvalue weighted by Gasteiger charge is 2.14. The minimum atomic E-state index is -0.453. The first-order chi connectivity index (χ1) is 8.49. The SMILES string of the molecule is Cc1ccc(C(=O)Nc2n[nH]c(C)c2N)c(O)c1. The third-order valence-electron chi connectivity index (χ3n) is 2.62. The van der Waals surface area contributed by atoms with E-state index in [1.165, 1.54) is 6.07 Å². The van der Waals surface area contributed by atoms with E-state index in [9.17, 15) is 9.90 Å². The van der Waals surface area contributed by atoms with Gasteiger partial charge in [0.2, 0.25) is 0 Å². The number of H-pyrrole nitrogens is 1. The highest BCUT2D eigenvalue weighted by Crippen LogP contribution is 2.22. The quantitative estimate of drug-likeness (QED) is 0.645. The predicted molar refractivity (Wildman–Crippen MR) is 68.5 cm³/mol. The van der Waals surface area contributed by atoms with Gasteiger partial charge in [0.15, 0.2) is 5.82 Å². The van der Waals surface area contributed by atoms with Gasteiger partial charge in [-0.2, -0.15) is 5.10 Å². The number of anilines is 2. The van der Waals surface area contributed by atoms with E-state index in [1.54, 1.807) is 19.1 Å². The first kappa shape index (κ1) is 12.0. The van der Waals surface area contributed by atoms with E-state index in [4.69, 9.17) is 5.73 Å². The molecule has 0 unspecified atom stereocenters. The van der Waals surface area contributed by atoms with Crippen molar-refractivity contribution in [1.29, 1.82) is 0 Å². The monoisotopic (exact) mass is 246 g/mol. The zero-order chi connectivity index (χ0) is 13.3. The van der Waals surface area contributed by atoms with Crippen LogP contribution in [-0.2, 0) is 0 Å². The maximum atomic E-state index is 11.9. The second-order valence-corrected chi connectivity index (χ2v) is 4.09. The molecule has 0 fully saturated rings. The summed E-state index contributed by atoms with van der Waals surface area (Å²) in [5.41, 5.74) is 7.84. The van der Waals surface area contributed by atoms with Crippen LogP contribution in [0, 0.1) is 13.8 Å². The van der Waals surface area contributed by atoms with Gasteiger partial charge in [0, 0.05) is 0 Å². The molecular weight excluding hydrogens is 232 g/mol. The first-order valence-corrected chi connectivity index (χ1v) is 5.40. The summed E-state index contributed by atoms with van der Waals surface area (Å²) in [6.07, 6.45) is 0. The Balaban J connectivity index is 2.25. The molecule has 0 radical (unpaired) electrons. The molecule has 0 atom stereocenters. The number of carbonyl (C=O) groups is 1. The largest absolute Gasteiger partial charge is 0.507 e. The lowest BCUT2D eigenvalue weighted by Crippen LogP contribution is -2.13. The molecule has 6 nitrogen and oxygen atoms in total. The van der Waals surface area contributed by atoms with Crippen LogP contribution in [0.4, 0.5) is 11.5 Å². The summed E-state index contributed by atoms with van der Waals surface area (Å²) in [4.78, 5) is 11.9. The van der Waals surface area contributed by atoms with E-state index >= 15 is 0 Å². The molecule has 2 aromatic rings. The van der Waals surface area contributed by atoms with Crippen molar-refractivity contribution >= 4 is 17.4 Å². The maximum absolute atomic E-state index is 11.9. The topological polar surface area (TPSA) is 104 Å². The summed E-state index contributed by atoms with van der Waals surface area (Å²) in [6, 6.07) is 4.82. The van der Waals surface area contributed by atoms with Crippen molar-refractivity contribution < 1.29 is 9.90 Å². The Morgan fingerprint density at radius 2 is 2.17 bits per heavy atom. The Morgan fingerprint density at radius 3 is 2.72 bits per heavy atom. The molecule has 0 saturated heterocycles. The van der Waals surface area contributed by atoms with Gasteiger partial charge in [-0.25, -0.2) is 0 Å². The fourth-order valence-corrected chi connectivity index (χ4v) is 1.54. The molecule has 1 aromatic carbocycles. The smallest absolute Gasteiger partial charge is 0.260 e. The predicted octanol–water partition coefficient (Wildman–Crippen LogP) is 1.57. The van der Waals surface area contributed by atoms with E-state index in [0.717, 1.165) is 5.56 Å². The number of hydrogen-bond donors (Lipinski definition) is 4. The first-order valence-electron chi connectivity index (χ1n) is 5.40. The molecule has 1 amide bonds. The van der Waals surface area contributed by atoms with Crippen molar-refractivity contribution in [1.82, 2.24) is 10.2 Å². The Bertz CT molecular complexity index is 604. The number of nitrogen functional groups attached to an aromatic ring is 1. The third-order valence-corrected chi connectivity index (χ3v) is 2.62. The number of phenolic OH excluding ortho intramolecular Hbond substituents is 1. The maximum Gasteiger partial charge on any atom is 0.260 e. The minimum Gasteiger partial charge on any atom is -0.507 e. The van der Waals surface area contributed by atoms with Gasteiger partial charge in [0.1, 0.15) is 5.75 Å². The van der Waals surface area contributed by atoms with Crippen LogP contribution in [0.5, 0.6) is 5.75 Å². The van der Waals surface area contributed by atoms with Crippen LogP contribution in [0.2, 0.25) is 0 Å². The van der Waals surface area contributed by atoms with Gasteiger partial charge < -0.3 is 16.2 Å². The molecule has 2 rings (SSSR count). The van der Waals surface area contributed by atoms with Gasteiger partial charge in [-0.1, -0.05) is 6.07 Å². The van der Waals surface area contributed by atoms with Crippen LogP contribution in [0.1, 0.15) is 21.6 Å². The zero-order valence-electron chi connectivity index (χ0n) is 10.1. The molecule has 0 spiro atoms. The van der Waals surface area contributed by atoms with Gasteiger partial charge >= 0.3 is 0 Å². The Labute approximate surface area is 104 Å². The number of nitrogens with zero attached hydrogens (tertiary/aromatic N) is 1. The molecular formula is C12H14N4O2. The second-order valence-electron chi connectivity index (χ2n) is 4.09. The van der Waals surface area contributed by atoms with E-state index in [-0.39, 0.29) is 17.1 Å². The van der Waals surface area contributed by atoms with Crippen molar-refractivity contribution in [3.8, 4) is 5.75 Å². The van der Waals surface area contributed by atoms with E-state index in [1.807, 2.05) is 6.92 Å². The van der Waals surface area contributed by atoms with Crippen molar-refractivity contribution in [2.45, 2.75) is 13.8 Å². The number of hydrogen-bond acceptors (Lipinski definition) is 4. The number of rotatable bonds is 2. The second kappa shape index (κ2) is 4.40. The van der Waals surface area contributed by atoms with E-state index < -0.39 is 5.91 Å². The molecule has 18 heavy (non-hydrogen) atoms. The highest BCUT2D eigenvalue weighted by atomic mass is 16.3. The van der Waals surface area contributed by atoms with Crippen LogP contribution in [0.15, 0.2) is 18.2 Å². The van der Waals surface area contributed by atoms with E-state index in [2.05, 4.69) is 15.5 Å². The zero-order valence-corrected chi connectivity index (χ0v) is 10.1. The molecule has 0 bridgehead atoms. The summed E-state index contributed by atoms with van der Waals surface area (Å²) >= 11 is 0. The number of aryl methyl sites for hydroxylation is 2. The number of aromatic amines is 1. The summed E-state index contributed by atoms with van der Waals surface area (Å²) in [5.74, 6) is -0.262. The average Bonchev–Trinajstić information content (AvgIpc) is 2.61. The minimum absolute atomic E-state index is 0.0710. The number of aromatic hydroxyl groups is 1. The molecule has 0 aliphatic rings. The number of aromatic nitrogens is 2. The molecule has 0 saturated carbocycles. The summed E-state index contributed by atoms with van der Waals surface area (Å²) in [5, 5.41) is 18.8. The van der Waals surface area contributed by atoms with Crippen LogP contribution in [0.25, 0.3) is 0 Å². The lowest BCUT2D eigenvalue weighted by atomic mass is 10.1. The van der Waals surface area contributed by atoms with Gasteiger partial charge in [0.25, 0.3) is 5.91 Å². The molecule has 1 aromatic heterocycles. The number of phenols is 1. The van der Waals surface area contributed by atoms with Crippen LogP contribution < -0.4 is 11.1 Å². The van der Waals surface area contributed by atoms with Crippen molar-refractivity contribution in [2.75, 3.05) is 11.1 Å². The van der Waals surface area contributed by atoms with Crippen molar-refractivity contribution in [3.05, 3.63) is 35.0 Å². The fourth-order valence-electron chi connectivity index (χ4n) is 1.54. The lowest BCUT2D eigenvalue weighted by molar-refractivity contribution is 0.102. The van der Waals surface area contributed by atoms with Gasteiger partial charge in [0.05, 0.1) is 16.9 Å². The van der Waals surface area contributed by atoms with Gasteiger partial charge in [-0.05, 0) is 31.5 Å². The molecule has 0 aliphatic carbocycles. The molecule has 6 heteroatoms. The Morgan fingerprint density at radius 1 is 1.44 bits per heavy atom. The number of nitrogens with two attached hydrogens (primary N) is 1. The third kappa shape index (κ3) is 2.13. The molecule has 0 aliphatic heterocycles. The summed E-state index contributed by atoms with van der Waals surface area (Å²) < 4.78 is 0. The summed E-state index contributed by atoms with van der Waals surface area (Å²) in [7, 11) is 0. The fraction of sp³-hybridized carbons (Fsp3) is 0.167. The van der Waals surface area contributed by atoms with Crippen molar-refractivity contribution in [2.24, 2.45) is 0 Å². The molecule has 5 N–H and O–H groups in total. The van der Waals surface area contributed by atoms with Crippen LogP contribution in [0.3, 0.4) is 0 Å². The van der Waals surface area contributed by atoms with Gasteiger partial charge in [-0.15, -0.1) is 0 Å². The van der Waals surface area contributed by atoms with E-state index in [0.29, 0.717) is 11.4 Å². The molecule has 1 heterocycles. The van der Waals surface area contributed by atoms with Crippen molar-refractivity contribution in [3.63, 3.8) is 0 Å². The Hall–Kier alpha value is -2.50. The number of carbonyl (C=O) groups excluding carboxylic acids is 1. The average molecular weight is 246 g/mol. The summed E-state index contributed by atoms with van der Waals surface area (Å²) in [6.45, 7) is 3.58. The lowest BCUT2D eigenvalue weighted by Gasteiger charge is -2.06. The Kier molecular flexibility index (Phi) is 2.93. The van der Waals surface area contributed by atoms with Gasteiger partial charge in [-0.3, -0.25) is 9.89 Å². The standard InChI is InChI=1S/C12H14N4O2/c1-6-3-4-8(9(17)5-6)12(18)14-11-10(13)7(2)15-16-11/h3-5,17H,13H2,1-2H3,(H2,14,15,16,18). The van der Waals surface area contributed by atoms with Crippen LogP contribution >= 0.6 is 0 Å².